The number of carbonyl (C=O) groups is 1. The second kappa shape index (κ2) is 3.31. The third-order valence-corrected chi connectivity index (χ3v) is 4.06. The minimum absolute atomic E-state index is 0.239. The predicted molar refractivity (Wildman–Crippen MR) is 71.4 cm³/mol. The second-order valence-electron chi connectivity index (χ2n) is 3.71. The monoisotopic (exact) mass is 375 g/mol. The Morgan fingerprint density at radius 1 is 1.33 bits per heavy atom. The quantitative estimate of drug-likeness (QED) is 0.700. The molecule has 0 radical (unpaired) electrons. The van der Waals surface area contributed by atoms with Gasteiger partial charge in [-0.05, 0) is 62.6 Å². The average molecular weight is 376 g/mol. The molecular weight excluding hydrogens is 369 g/mol. The van der Waals surface area contributed by atoms with E-state index in [9.17, 15) is 4.79 Å². The van der Waals surface area contributed by atoms with Crippen LogP contribution >= 0.6 is 38.5 Å². The standard InChI is InChI=1S/C11H7BrINO/c12-8-4-5(13)3-7-6-1-2-9(15)11(6)14-10(7)8/h3-4,14H,1-2H2. The molecule has 0 aliphatic heterocycles. The number of halogens is 2. The number of Topliss-reactive ketones (excluding diaryl/α,β-unsaturated/α-hetero) is 1. The lowest BCUT2D eigenvalue weighted by molar-refractivity contribution is 0.0991. The Morgan fingerprint density at radius 2 is 2.13 bits per heavy atom. The molecule has 1 heterocycles. The molecule has 0 saturated heterocycles. The normalized spacial score (nSPS) is 14.9. The summed E-state index contributed by atoms with van der Waals surface area (Å²) in [5.74, 6) is 0.239. The minimum Gasteiger partial charge on any atom is -0.351 e. The van der Waals surface area contributed by atoms with Crippen molar-refractivity contribution >= 4 is 55.2 Å². The van der Waals surface area contributed by atoms with Crippen LogP contribution in [-0.4, -0.2) is 10.8 Å². The summed E-state index contributed by atoms with van der Waals surface area (Å²) in [5, 5.41) is 1.19. The molecule has 0 amide bonds. The van der Waals surface area contributed by atoms with Gasteiger partial charge in [0.05, 0.1) is 11.2 Å². The van der Waals surface area contributed by atoms with Gasteiger partial charge in [0.1, 0.15) is 0 Å². The topological polar surface area (TPSA) is 32.9 Å². The molecule has 0 fully saturated rings. The van der Waals surface area contributed by atoms with Gasteiger partial charge in [0, 0.05) is 19.8 Å². The Kier molecular flexibility index (Phi) is 2.17. The van der Waals surface area contributed by atoms with E-state index in [1.807, 2.05) is 0 Å². The summed E-state index contributed by atoms with van der Waals surface area (Å²) < 4.78 is 2.22. The van der Waals surface area contributed by atoms with Gasteiger partial charge < -0.3 is 4.98 Å². The maximum absolute atomic E-state index is 11.6. The van der Waals surface area contributed by atoms with E-state index in [4.69, 9.17) is 0 Å². The molecule has 0 atom stereocenters. The molecule has 2 nitrogen and oxygen atoms in total. The van der Waals surface area contributed by atoms with E-state index in [2.05, 4.69) is 55.6 Å². The average Bonchev–Trinajstić information content (AvgIpc) is 2.68. The molecule has 0 unspecified atom stereocenters. The van der Waals surface area contributed by atoms with Crippen LogP contribution < -0.4 is 0 Å². The van der Waals surface area contributed by atoms with Crippen molar-refractivity contribution in [1.82, 2.24) is 4.98 Å². The molecule has 0 bridgehead atoms. The van der Waals surface area contributed by atoms with Crippen LogP contribution in [0.4, 0.5) is 0 Å². The highest BCUT2D eigenvalue weighted by Gasteiger charge is 2.24. The van der Waals surface area contributed by atoms with Crippen LogP contribution in [0, 0.1) is 3.57 Å². The number of aromatic amines is 1. The number of aromatic nitrogens is 1. The maximum atomic E-state index is 11.6. The molecule has 3 rings (SSSR count). The molecule has 1 aromatic carbocycles. The van der Waals surface area contributed by atoms with E-state index in [1.54, 1.807) is 0 Å². The number of H-pyrrole nitrogens is 1. The zero-order chi connectivity index (χ0) is 10.6. The summed E-state index contributed by atoms with van der Waals surface area (Å²) in [4.78, 5) is 14.8. The molecule has 0 spiro atoms. The number of aryl methyl sites for hydroxylation is 1. The Bertz CT molecular complexity index is 588. The highest BCUT2D eigenvalue weighted by molar-refractivity contribution is 14.1. The molecule has 1 aromatic heterocycles. The van der Waals surface area contributed by atoms with E-state index in [1.165, 1.54) is 14.5 Å². The van der Waals surface area contributed by atoms with Gasteiger partial charge >= 0.3 is 0 Å². The number of hydrogen-bond acceptors (Lipinski definition) is 1. The Labute approximate surface area is 109 Å². The highest BCUT2D eigenvalue weighted by atomic mass is 127. The summed E-state index contributed by atoms with van der Waals surface area (Å²) in [6.45, 7) is 0. The lowest BCUT2D eigenvalue weighted by atomic mass is 10.1. The number of benzene rings is 1. The molecule has 4 heteroatoms. The van der Waals surface area contributed by atoms with Gasteiger partial charge in [-0.2, -0.15) is 0 Å². The van der Waals surface area contributed by atoms with E-state index in [0.29, 0.717) is 6.42 Å². The maximum Gasteiger partial charge on any atom is 0.179 e. The van der Waals surface area contributed by atoms with E-state index in [0.717, 1.165) is 22.1 Å². The van der Waals surface area contributed by atoms with Crippen LogP contribution in [0.15, 0.2) is 16.6 Å². The van der Waals surface area contributed by atoms with Crippen molar-refractivity contribution in [1.29, 1.82) is 0 Å². The molecule has 0 saturated carbocycles. The van der Waals surface area contributed by atoms with Gasteiger partial charge in [-0.3, -0.25) is 4.79 Å². The zero-order valence-electron chi connectivity index (χ0n) is 7.73. The first kappa shape index (κ1) is 9.84. The lowest BCUT2D eigenvalue weighted by Crippen LogP contribution is -1.91. The molecule has 1 N–H and O–H groups in total. The van der Waals surface area contributed by atoms with E-state index in [-0.39, 0.29) is 5.78 Å². The Morgan fingerprint density at radius 3 is 2.93 bits per heavy atom. The fraction of sp³-hybridized carbons (Fsp3) is 0.182. The van der Waals surface area contributed by atoms with Gasteiger partial charge in [-0.25, -0.2) is 0 Å². The fourth-order valence-corrected chi connectivity index (χ4v) is 3.75. The first-order chi connectivity index (χ1) is 7.16. The van der Waals surface area contributed by atoms with Crippen LogP contribution in [-0.2, 0) is 6.42 Å². The number of fused-ring (bicyclic) bond motifs is 3. The first-order valence-corrected chi connectivity index (χ1v) is 6.57. The molecule has 1 aliphatic carbocycles. The van der Waals surface area contributed by atoms with Crippen molar-refractivity contribution in [2.45, 2.75) is 12.8 Å². The third kappa shape index (κ3) is 1.38. The fourth-order valence-electron chi connectivity index (χ4n) is 2.13. The summed E-state index contributed by atoms with van der Waals surface area (Å²) in [5.41, 5.74) is 3.05. The van der Waals surface area contributed by atoms with Crippen LogP contribution in [0.5, 0.6) is 0 Å². The van der Waals surface area contributed by atoms with Gasteiger partial charge in [0.25, 0.3) is 0 Å². The zero-order valence-corrected chi connectivity index (χ0v) is 11.5. The van der Waals surface area contributed by atoms with Crippen LogP contribution in [0.25, 0.3) is 10.9 Å². The SMILES string of the molecule is O=C1CCc2c1[nH]c1c(Br)cc(I)cc21. The third-order valence-electron chi connectivity index (χ3n) is 2.81. The van der Waals surface area contributed by atoms with E-state index < -0.39 is 0 Å². The first-order valence-electron chi connectivity index (χ1n) is 4.69. The number of hydrogen-bond donors (Lipinski definition) is 1. The van der Waals surface area contributed by atoms with Gasteiger partial charge in [0.2, 0.25) is 0 Å². The smallest absolute Gasteiger partial charge is 0.179 e. The molecule has 2 aromatic rings. The molecule has 76 valence electrons. The Balaban J connectivity index is 2.44. The van der Waals surface area contributed by atoms with Crippen molar-refractivity contribution in [3.05, 3.63) is 31.4 Å². The van der Waals surface area contributed by atoms with Crippen LogP contribution in [0.1, 0.15) is 22.5 Å². The second-order valence-corrected chi connectivity index (χ2v) is 5.81. The summed E-state index contributed by atoms with van der Waals surface area (Å²) in [6.07, 6.45) is 1.53. The number of carbonyl (C=O) groups excluding carboxylic acids is 1. The minimum atomic E-state index is 0.239. The van der Waals surface area contributed by atoms with Crippen LogP contribution in [0.3, 0.4) is 0 Å². The molecule has 15 heavy (non-hydrogen) atoms. The Hall–Kier alpha value is -0.360. The largest absolute Gasteiger partial charge is 0.351 e. The summed E-state index contributed by atoms with van der Waals surface area (Å²) >= 11 is 5.81. The van der Waals surface area contributed by atoms with Crippen molar-refractivity contribution in [2.75, 3.05) is 0 Å². The number of ketones is 1. The van der Waals surface area contributed by atoms with Crippen LogP contribution in [0.2, 0.25) is 0 Å². The van der Waals surface area contributed by atoms with Gasteiger partial charge in [-0.1, -0.05) is 0 Å². The number of nitrogens with one attached hydrogen (secondary N) is 1. The summed E-state index contributed by atoms with van der Waals surface area (Å²) in [7, 11) is 0. The highest BCUT2D eigenvalue weighted by Crippen LogP contribution is 2.34. The number of rotatable bonds is 0. The lowest BCUT2D eigenvalue weighted by Gasteiger charge is -1.98. The van der Waals surface area contributed by atoms with E-state index >= 15 is 0 Å². The van der Waals surface area contributed by atoms with Crippen molar-refractivity contribution < 1.29 is 4.79 Å². The summed E-state index contributed by atoms with van der Waals surface area (Å²) in [6, 6.07) is 4.19. The van der Waals surface area contributed by atoms with Gasteiger partial charge in [0.15, 0.2) is 5.78 Å². The molecule has 1 aliphatic rings. The molecular formula is C11H7BrINO. The van der Waals surface area contributed by atoms with Crippen molar-refractivity contribution in [3.8, 4) is 0 Å². The van der Waals surface area contributed by atoms with Crippen molar-refractivity contribution in [3.63, 3.8) is 0 Å². The van der Waals surface area contributed by atoms with Crippen molar-refractivity contribution in [2.24, 2.45) is 0 Å². The van der Waals surface area contributed by atoms with Gasteiger partial charge in [-0.15, -0.1) is 0 Å². The predicted octanol–water partition coefficient (Wildman–Crippen LogP) is 3.66.